The van der Waals surface area contributed by atoms with Gasteiger partial charge in [0.05, 0.1) is 12.6 Å². The minimum atomic E-state index is -0.0509. The first-order valence-corrected chi connectivity index (χ1v) is 8.19. The molecule has 0 radical (unpaired) electrons. The van der Waals surface area contributed by atoms with Crippen molar-refractivity contribution in [3.63, 3.8) is 0 Å². The average molecular weight is 388 g/mol. The van der Waals surface area contributed by atoms with Crippen LogP contribution >= 0.6 is 31.9 Å². The van der Waals surface area contributed by atoms with E-state index in [1.807, 2.05) is 0 Å². The smallest absolute Gasteiger partial charge is 0.140 e. The van der Waals surface area contributed by atoms with E-state index in [0.717, 1.165) is 40.7 Å². The normalized spacial score (nSPS) is 25.7. The molecule has 0 fully saturated rings. The van der Waals surface area contributed by atoms with Crippen molar-refractivity contribution in [2.45, 2.75) is 32.0 Å². The Labute approximate surface area is 130 Å². The summed E-state index contributed by atoms with van der Waals surface area (Å²) in [5.74, 6) is 0.976. The van der Waals surface area contributed by atoms with Gasteiger partial charge in [-0.25, -0.2) is 0 Å². The van der Waals surface area contributed by atoms with Crippen molar-refractivity contribution < 1.29 is 4.74 Å². The van der Waals surface area contributed by atoms with Crippen molar-refractivity contribution in [3.8, 4) is 0 Å². The van der Waals surface area contributed by atoms with Crippen molar-refractivity contribution in [1.82, 2.24) is 5.32 Å². The maximum atomic E-state index is 6.22. The molecule has 102 valence electrons. The van der Waals surface area contributed by atoms with Gasteiger partial charge >= 0.3 is 0 Å². The highest BCUT2D eigenvalue weighted by molar-refractivity contribution is 9.11. The molecule has 0 spiro atoms. The lowest BCUT2D eigenvalue weighted by molar-refractivity contribution is 0.00700. The van der Waals surface area contributed by atoms with Gasteiger partial charge in [0.2, 0.25) is 0 Å². The van der Waals surface area contributed by atoms with Crippen molar-refractivity contribution in [2.75, 3.05) is 13.1 Å². The molecule has 3 nitrogen and oxygen atoms in total. The number of rotatable bonds is 2. The summed E-state index contributed by atoms with van der Waals surface area (Å²) in [5.41, 5.74) is 2.57. The molecule has 0 aliphatic carbocycles. The Morgan fingerprint density at radius 2 is 2.26 bits per heavy atom. The lowest BCUT2D eigenvalue weighted by Gasteiger charge is -2.32. The predicted octanol–water partition coefficient (Wildman–Crippen LogP) is 3.61. The second-order valence-corrected chi connectivity index (χ2v) is 6.67. The minimum absolute atomic E-state index is 0.0509. The second kappa shape index (κ2) is 5.54. The molecule has 5 heteroatoms. The van der Waals surface area contributed by atoms with Crippen molar-refractivity contribution in [1.29, 1.82) is 0 Å². The fourth-order valence-electron chi connectivity index (χ4n) is 2.66. The Hall–Kier alpha value is -0.390. The van der Waals surface area contributed by atoms with Gasteiger partial charge in [-0.1, -0.05) is 38.8 Å². The van der Waals surface area contributed by atoms with Crippen molar-refractivity contribution in [2.24, 2.45) is 4.99 Å². The van der Waals surface area contributed by atoms with Gasteiger partial charge in [0.25, 0.3) is 0 Å². The summed E-state index contributed by atoms with van der Waals surface area (Å²) >= 11 is 7.24. The highest BCUT2D eigenvalue weighted by Gasteiger charge is 2.32. The Morgan fingerprint density at radius 3 is 2.95 bits per heavy atom. The molecule has 0 bridgehead atoms. The molecule has 2 aliphatic heterocycles. The number of nitrogens with zero attached hydrogens (tertiary/aromatic N) is 1. The van der Waals surface area contributed by atoms with Crippen LogP contribution in [0.4, 0.5) is 0 Å². The summed E-state index contributed by atoms with van der Waals surface area (Å²) in [5, 5.41) is 3.35. The van der Waals surface area contributed by atoms with Crippen LogP contribution in [0.5, 0.6) is 0 Å². The zero-order valence-electron chi connectivity index (χ0n) is 10.7. The number of aliphatic imine (C=N–C) groups is 1. The van der Waals surface area contributed by atoms with E-state index in [1.165, 1.54) is 11.1 Å². The van der Waals surface area contributed by atoms with E-state index >= 15 is 0 Å². The van der Waals surface area contributed by atoms with Gasteiger partial charge in [0.15, 0.2) is 0 Å². The third-order valence-electron chi connectivity index (χ3n) is 3.64. The van der Waals surface area contributed by atoms with E-state index in [1.54, 1.807) is 0 Å². The molecule has 0 saturated carbocycles. The number of fused-ring (bicyclic) bond motifs is 1. The van der Waals surface area contributed by atoms with Gasteiger partial charge in [-0.2, -0.15) is 0 Å². The third kappa shape index (κ3) is 2.60. The van der Waals surface area contributed by atoms with Crippen molar-refractivity contribution >= 4 is 37.7 Å². The fraction of sp³-hybridized carbons (Fsp3) is 0.500. The molecule has 0 aromatic heterocycles. The topological polar surface area (TPSA) is 33.6 Å². The summed E-state index contributed by atoms with van der Waals surface area (Å²) in [4.78, 5) is 4.54. The largest absolute Gasteiger partial charge is 0.369 e. The SMILES string of the molecule is CCC1Cc2c(Br)cc(Br)cc2C(C2=NCCN2)O1. The van der Waals surface area contributed by atoms with Crippen molar-refractivity contribution in [3.05, 3.63) is 32.2 Å². The maximum absolute atomic E-state index is 6.22. The van der Waals surface area contributed by atoms with E-state index in [0.29, 0.717) is 0 Å². The molecular formula is C14H16Br2N2O. The van der Waals surface area contributed by atoms with Crippen LogP contribution in [0.3, 0.4) is 0 Å². The highest BCUT2D eigenvalue weighted by Crippen LogP contribution is 2.38. The molecular weight excluding hydrogens is 372 g/mol. The Balaban J connectivity index is 2.06. The van der Waals surface area contributed by atoms with E-state index in [2.05, 4.69) is 61.2 Å². The molecule has 19 heavy (non-hydrogen) atoms. The molecule has 2 heterocycles. The Kier molecular flexibility index (Phi) is 3.96. The zero-order valence-corrected chi connectivity index (χ0v) is 13.9. The van der Waals surface area contributed by atoms with Gasteiger partial charge in [0.1, 0.15) is 11.9 Å². The molecule has 2 atom stereocenters. The monoisotopic (exact) mass is 386 g/mol. The van der Waals surface area contributed by atoms with Crippen LogP contribution in [0.1, 0.15) is 30.6 Å². The molecule has 2 aliphatic rings. The molecule has 3 rings (SSSR count). The number of ether oxygens (including phenoxy) is 1. The number of nitrogens with one attached hydrogen (secondary N) is 1. The second-order valence-electron chi connectivity index (χ2n) is 4.90. The van der Waals surface area contributed by atoms with Crippen LogP contribution in [0.2, 0.25) is 0 Å². The Bertz CT molecular complexity index is 530. The van der Waals surface area contributed by atoms with Crippen LogP contribution in [0.25, 0.3) is 0 Å². The van der Waals surface area contributed by atoms with Crippen LogP contribution in [-0.2, 0) is 11.2 Å². The lowest BCUT2D eigenvalue weighted by atomic mass is 9.92. The highest BCUT2D eigenvalue weighted by atomic mass is 79.9. The van der Waals surface area contributed by atoms with E-state index < -0.39 is 0 Å². The number of hydrogen-bond donors (Lipinski definition) is 1. The number of amidine groups is 1. The fourth-order valence-corrected chi connectivity index (χ4v) is 4.08. The minimum Gasteiger partial charge on any atom is -0.369 e. The maximum Gasteiger partial charge on any atom is 0.140 e. The van der Waals surface area contributed by atoms with Gasteiger partial charge in [0, 0.05) is 21.9 Å². The summed E-state index contributed by atoms with van der Waals surface area (Å²) in [6.45, 7) is 3.93. The van der Waals surface area contributed by atoms with Gasteiger partial charge in [-0.3, -0.25) is 4.99 Å². The summed E-state index contributed by atoms with van der Waals surface area (Å²) in [7, 11) is 0. The van der Waals surface area contributed by atoms with Gasteiger partial charge in [-0.15, -0.1) is 0 Å². The molecule has 0 amide bonds. The van der Waals surface area contributed by atoms with Crippen LogP contribution < -0.4 is 5.32 Å². The number of halogens is 2. The van der Waals surface area contributed by atoms with E-state index in [-0.39, 0.29) is 12.2 Å². The van der Waals surface area contributed by atoms with E-state index in [9.17, 15) is 0 Å². The number of hydrogen-bond acceptors (Lipinski definition) is 3. The Morgan fingerprint density at radius 1 is 1.42 bits per heavy atom. The zero-order chi connectivity index (χ0) is 13.4. The van der Waals surface area contributed by atoms with Crippen LogP contribution in [0.15, 0.2) is 26.1 Å². The molecule has 1 N–H and O–H groups in total. The number of benzene rings is 1. The molecule has 0 saturated heterocycles. The first kappa shape index (κ1) is 13.6. The van der Waals surface area contributed by atoms with Crippen LogP contribution in [0, 0.1) is 0 Å². The molecule has 2 unspecified atom stereocenters. The average Bonchev–Trinajstić information content (AvgIpc) is 2.91. The third-order valence-corrected chi connectivity index (χ3v) is 4.81. The summed E-state index contributed by atoms with van der Waals surface area (Å²) in [6, 6.07) is 4.26. The lowest BCUT2D eigenvalue weighted by Crippen LogP contribution is -2.35. The predicted molar refractivity (Wildman–Crippen MR) is 83.8 cm³/mol. The standard InChI is InChI=1S/C14H16Br2N2O/c1-2-9-7-10-11(5-8(15)6-12(10)16)13(19-9)14-17-3-4-18-14/h5-6,9,13H,2-4,7H2,1H3,(H,17,18). The molecule has 1 aromatic carbocycles. The van der Waals surface area contributed by atoms with Gasteiger partial charge in [-0.05, 0) is 29.7 Å². The van der Waals surface area contributed by atoms with Crippen LogP contribution in [-0.4, -0.2) is 25.0 Å². The molecule has 1 aromatic rings. The first-order chi connectivity index (χ1) is 9.19. The summed E-state index contributed by atoms with van der Waals surface area (Å²) < 4.78 is 8.45. The quantitative estimate of drug-likeness (QED) is 0.840. The van der Waals surface area contributed by atoms with E-state index in [4.69, 9.17) is 4.74 Å². The first-order valence-electron chi connectivity index (χ1n) is 6.60. The summed E-state index contributed by atoms with van der Waals surface area (Å²) in [6.07, 6.45) is 2.19. The van der Waals surface area contributed by atoms with Gasteiger partial charge < -0.3 is 10.1 Å².